The van der Waals surface area contributed by atoms with Gasteiger partial charge in [0, 0.05) is 12.1 Å². The Balaban J connectivity index is 3.06. The molecular weight excluding hydrogens is 198 g/mol. The Morgan fingerprint density at radius 3 is 2.44 bits per heavy atom. The zero-order chi connectivity index (χ0) is 12.2. The summed E-state index contributed by atoms with van der Waals surface area (Å²) < 4.78 is 5.62. The highest BCUT2D eigenvalue weighted by Gasteiger charge is 2.15. The van der Waals surface area contributed by atoms with E-state index in [-0.39, 0.29) is 5.41 Å². The van der Waals surface area contributed by atoms with E-state index in [1.807, 2.05) is 14.0 Å². The fraction of sp³-hybridized carbons (Fsp3) is 0.571. The second-order valence-corrected chi connectivity index (χ2v) is 5.04. The minimum absolute atomic E-state index is 0.188. The van der Waals surface area contributed by atoms with Crippen molar-refractivity contribution in [3.63, 3.8) is 0 Å². The van der Waals surface area contributed by atoms with Crippen molar-refractivity contribution in [2.24, 2.45) is 0 Å². The van der Waals surface area contributed by atoms with Crippen LogP contribution in [0.2, 0.25) is 0 Å². The van der Waals surface area contributed by atoms with Crippen LogP contribution < -0.4 is 10.1 Å². The molecule has 16 heavy (non-hydrogen) atoms. The van der Waals surface area contributed by atoms with Crippen LogP contribution in [-0.2, 0) is 12.0 Å². The van der Waals surface area contributed by atoms with Crippen molar-refractivity contribution in [3.8, 4) is 5.75 Å². The summed E-state index contributed by atoms with van der Waals surface area (Å²) in [6.07, 6.45) is 0. The molecule has 0 saturated carbocycles. The molecule has 1 aromatic carbocycles. The quantitative estimate of drug-likeness (QED) is 0.843. The topological polar surface area (TPSA) is 21.3 Å². The van der Waals surface area contributed by atoms with Crippen molar-refractivity contribution in [1.29, 1.82) is 0 Å². The molecule has 90 valence electrons. The lowest BCUT2D eigenvalue weighted by atomic mass is 9.86. The van der Waals surface area contributed by atoms with Crippen molar-refractivity contribution in [3.05, 3.63) is 29.3 Å². The Morgan fingerprint density at radius 2 is 1.94 bits per heavy atom. The lowest BCUT2D eigenvalue weighted by Crippen LogP contribution is -2.14. The summed E-state index contributed by atoms with van der Waals surface area (Å²) in [7, 11) is 1.96. The van der Waals surface area contributed by atoms with Crippen molar-refractivity contribution >= 4 is 0 Å². The Morgan fingerprint density at radius 1 is 1.25 bits per heavy atom. The zero-order valence-electron chi connectivity index (χ0n) is 11.1. The summed E-state index contributed by atoms with van der Waals surface area (Å²) >= 11 is 0. The van der Waals surface area contributed by atoms with Gasteiger partial charge < -0.3 is 10.1 Å². The van der Waals surface area contributed by atoms with Crippen LogP contribution >= 0.6 is 0 Å². The predicted molar refractivity (Wildman–Crippen MR) is 69.1 cm³/mol. The standard InChI is InChI=1S/C14H23NO/c1-6-16-13-8-7-12(14(2,3)4)9-11(13)10-15-5/h7-9,15H,6,10H2,1-5H3. The molecule has 0 unspecified atom stereocenters. The average Bonchev–Trinajstić information content (AvgIpc) is 2.19. The first-order valence-electron chi connectivity index (χ1n) is 5.90. The zero-order valence-corrected chi connectivity index (χ0v) is 11.1. The molecule has 0 amide bonds. The first-order chi connectivity index (χ1) is 7.49. The number of rotatable bonds is 4. The van der Waals surface area contributed by atoms with Crippen LogP contribution in [0.15, 0.2) is 18.2 Å². The molecule has 2 heteroatoms. The Labute approximate surface area is 99.0 Å². The first kappa shape index (κ1) is 13.0. The molecule has 0 radical (unpaired) electrons. The number of benzene rings is 1. The Hall–Kier alpha value is -1.02. The second-order valence-electron chi connectivity index (χ2n) is 5.04. The van der Waals surface area contributed by atoms with Crippen molar-refractivity contribution in [1.82, 2.24) is 5.32 Å². The van der Waals surface area contributed by atoms with Crippen LogP contribution in [0.25, 0.3) is 0 Å². The maximum absolute atomic E-state index is 5.62. The Bertz CT molecular complexity index is 339. The maximum Gasteiger partial charge on any atom is 0.123 e. The molecule has 1 N–H and O–H groups in total. The van der Waals surface area contributed by atoms with Crippen LogP contribution in [0.1, 0.15) is 38.8 Å². The molecule has 1 aromatic rings. The van der Waals surface area contributed by atoms with Gasteiger partial charge in [-0.3, -0.25) is 0 Å². The number of ether oxygens (including phenoxy) is 1. The van der Waals surface area contributed by atoms with E-state index < -0.39 is 0 Å². The molecule has 0 aliphatic heterocycles. The first-order valence-corrected chi connectivity index (χ1v) is 5.90. The minimum atomic E-state index is 0.188. The average molecular weight is 221 g/mol. The third-order valence-corrected chi connectivity index (χ3v) is 2.59. The van der Waals surface area contributed by atoms with Crippen molar-refractivity contribution < 1.29 is 4.74 Å². The number of nitrogens with one attached hydrogen (secondary N) is 1. The van der Waals surface area contributed by atoms with Crippen molar-refractivity contribution in [2.75, 3.05) is 13.7 Å². The molecule has 0 spiro atoms. The molecule has 0 bridgehead atoms. The molecular formula is C14H23NO. The van der Waals surface area contributed by atoms with E-state index in [1.54, 1.807) is 0 Å². The predicted octanol–water partition coefficient (Wildman–Crippen LogP) is 3.10. The van der Waals surface area contributed by atoms with Gasteiger partial charge >= 0.3 is 0 Å². The number of hydrogen-bond acceptors (Lipinski definition) is 2. The minimum Gasteiger partial charge on any atom is -0.494 e. The number of hydrogen-bond donors (Lipinski definition) is 1. The molecule has 0 aliphatic carbocycles. The summed E-state index contributed by atoms with van der Waals surface area (Å²) in [6, 6.07) is 6.47. The van der Waals surface area contributed by atoms with E-state index >= 15 is 0 Å². The highest BCUT2D eigenvalue weighted by Crippen LogP contribution is 2.28. The van der Waals surface area contributed by atoms with E-state index in [9.17, 15) is 0 Å². The monoisotopic (exact) mass is 221 g/mol. The van der Waals surface area contributed by atoms with E-state index in [0.29, 0.717) is 6.61 Å². The van der Waals surface area contributed by atoms with Crippen LogP contribution in [0, 0.1) is 0 Å². The van der Waals surface area contributed by atoms with Gasteiger partial charge in [-0.15, -0.1) is 0 Å². The van der Waals surface area contributed by atoms with Gasteiger partial charge in [0.2, 0.25) is 0 Å². The molecule has 0 fully saturated rings. The normalized spacial score (nSPS) is 11.6. The molecule has 2 nitrogen and oxygen atoms in total. The van der Waals surface area contributed by atoms with E-state index in [4.69, 9.17) is 4.74 Å². The van der Waals surface area contributed by atoms with Crippen LogP contribution in [-0.4, -0.2) is 13.7 Å². The molecule has 0 aromatic heterocycles. The van der Waals surface area contributed by atoms with E-state index in [2.05, 4.69) is 44.3 Å². The smallest absolute Gasteiger partial charge is 0.123 e. The summed E-state index contributed by atoms with van der Waals surface area (Å²) in [5.41, 5.74) is 2.77. The van der Waals surface area contributed by atoms with Gasteiger partial charge in [-0.2, -0.15) is 0 Å². The van der Waals surface area contributed by atoms with Gasteiger partial charge in [-0.05, 0) is 31.0 Å². The molecule has 0 heterocycles. The third kappa shape index (κ3) is 3.24. The fourth-order valence-electron chi connectivity index (χ4n) is 1.67. The van der Waals surface area contributed by atoms with Crippen LogP contribution in [0.5, 0.6) is 5.75 Å². The van der Waals surface area contributed by atoms with Crippen LogP contribution in [0.4, 0.5) is 0 Å². The van der Waals surface area contributed by atoms with Gasteiger partial charge in [-0.25, -0.2) is 0 Å². The highest BCUT2D eigenvalue weighted by atomic mass is 16.5. The van der Waals surface area contributed by atoms with E-state index in [1.165, 1.54) is 11.1 Å². The second kappa shape index (κ2) is 5.35. The molecule has 0 aliphatic rings. The maximum atomic E-state index is 5.62. The van der Waals surface area contributed by atoms with Gasteiger partial charge in [0.15, 0.2) is 0 Å². The SMILES string of the molecule is CCOc1ccc(C(C)(C)C)cc1CNC. The molecule has 0 saturated heterocycles. The summed E-state index contributed by atoms with van der Waals surface area (Å²) in [4.78, 5) is 0. The summed E-state index contributed by atoms with van der Waals surface area (Å²) in [5, 5.41) is 3.18. The lowest BCUT2D eigenvalue weighted by molar-refractivity contribution is 0.335. The van der Waals surface area contributed by atoms with Gasteiger partial charge in [-0.1, -0.05) is 32.9 Å². The van der Waals surface area contributed by atoms with Gasteiger partial charge in [0.1, 0.15) is 5.75 Å². The van der Waals surface area contributed by atoms with E-state index in [0.717, 1.165) is 12.3 Å². The van der Waals surface area contributed by atoms with Gasteiger partial charge in [0.25, 0.3) is 0 Å². The lowest BCUT2D eigenvalue weighted by Gasteiger charge is -2.21. The third-order valence-electron chi connectivity index (χ3n) is 2.59. The van der Waals surface area contributed by atoms with Crippen molar-refractivity contribution in [2.45, 2.75) is 39.7 Å². The molecule has 1 rings (SSSR count). The highest BCUT2D eigenvalue weighted by molar-refractivity contribution is 5.39. The largest absolute Gasteiger partial charge is 0.494 e. The summed E-state index contributed by atoms with van der Waals surface area (Å²) in [5.74, 6) is 0.991. The summed E-state index contributed by atoms with van der Waals surface area (Å²) in [6.45, 7) is 10.3. The fourth-order valence-corrected chi connectivity index (χ4v) is 1.67. The molecule has 0 atom stereocenters. The van der Waals surface area contributed by atoms with Gasteiger partial charge in [0.05, 0.1) is 6.61 Å². The van der Waals surface area contributed by atoms with Crippen LogP contribution in [0.3, 0.4) is 0 Å². The Kier molecular flexibility index (Phi) is 4.36.